The molecule has 4 saturated carbocycles. The van der Waals surface area contributed by atoms with E-state index in [1.165, 1.54) is 36.6 Å². The van der Waals surface area contributed by atoms with Gasteiger partial charge < -0.3 is 5.32 Å². The molecule has 0 spiro atoms. The first kappa shape index (κ1) is 19.6. The minimum Gasteiger partial charge on any atom is -0.332 e. The van der Waals surface area contributed by atoms with Gasteiger partial charge in [0.15, 0.2) is 5.82 Å². The van der Waals surface area contributed by atoms with E-state index >= 15 is 0 Å². The lowest BCUT2D eigenvalue weighted by Crippen LogP contribution is -2.61. The molecule has 4 bridgehead atoms. The highest BCUT2D eigenvalue weighted by Gasteiger charge is 2.51. The number of H-pyrrole nitrogens is 1. The minimum absolute atomic E-state index is 0.0967. The van der Waals surface area contributed by atoms with E-state index in [0.717, 1.165) is 42.6 Å². The van der Waals surface area contributed by atoms with Crippen molar-refractivity contribution in [2.75, 3.05) is 5.75 Å². The zero-order valence-electron chi connectivity index (χ0n) is 17.1. The van der Waals surface area contributed by atoms with Gasteiger partial charge in [-0.05, 0) is 63.2 Å². The minimum atomic E-state index is -0.363. The van der Waals surface area contributed by atoms with Crippen molar-refractivity contribution < 1.29 is 9.59 Å². The van der Waals surface area contributed by atoms with Gasteiger partial charge in [-0.15, -0.1) is 5.10 Å². The van der Waals surface area contributed by atoms with Crippen LogP contribution in [0.1, 0.15) is 44.1 Å². The number of aryl methyl sites for hydroxylation is 1. The lowest BCUT2D eigenvalue weighted by atomic mass is 9.53. The van der Waals surface area contributed by atoms with Gasteiger partial charge in [0.25, 0.3) is 0 Å². The number of amides is 3. The first-order valence-corrected chi connectivity index (χ1v) is 11.7. The molecule has 30 heavy (non-hydrogen) atoms. The van der Waals surface area contributed by atoms with E-state index in [1.807, 2.05) is 31.2 Å². The van der Waals surface area contributed by atoms with Crippen LogP contribution in [0.4, 0.5) is 4.79 Å². The van der Waals surface area contributed by atoms with Gasteiger partial charge in [-0.2, -0.15) is 0 Å². The Balaban J connectivity index is 1.12. The standard InChI is InChI=1S/C22H27N5O2S/c1-13-2-4-17(5-3-13)19-24-21(27-26-19)30-12-18(28)23-20(29)25-22-9-14-6-15(10-22)8-16(7-14)11-22/h2-5,14-16H,6-12H2,1H3,(H,24,26,27)(H2,23,25,28,29). The number of urea groups is 1. The van der Waals surface area contributed by atoms with Crippen molar-refractivity contribution in [3.8, 4) is 11.4 Å². The molecular weight excluding hydrogens is 398 g/mol. The van der Waals surface area contributed by atoms with Crippen molar-refractivity contribution in [3.63, 3.8) is 0 Å². The molecule has 0 atom stereocenters. The number of carbonyl (C=O) groups is 2. The Morgan fingerprint density at radius 3 is 2.37 bits per heavy atom. The van der Waals surface area contributed by atoms with Gasteiger partial charge in [0, 0.05) is 11.1 Å². The number of imide groups is 1. The fourth-order valence-corrected chi connectivity index (χ4v) is 6.58. The monoisotopic (exact) mass is 425 g/mol. The summed E-state index contributed by atoms with van der Waals surface area (Å²) >= 11 is 1.21. The number of aromatic nitrogens is 3. The van der Waals surface area contributed by atoms with Crippen LogP contribution in [-0.4, -0.2) is 38.4 Å². The third-order valence-electron chi connectivity index (χ3n) is 6.79. The van der Waals surface area contributed by atoms with Gasteiger partial charge in [-0.3, -0.25) is 15.2 Å². The van der Waals surface area contributed by atoms with Gasteiger partial charge >= 0.3 is 6.03 Å². The van der Waals surface area contributed by atoms with E-state index in [2.05, 4.69) is 25.8 Å². The number of aromatic amines is 1. The van der Waals surface area contributed by atoms with E-state index < -0.39 is 0 Å². The molecule has 158 valence electrons. The number of nitrogens with one attached hydrogen (secondary N) is 3. The van der Waals surface area contributed by atoms with Crippen LogP contribution in [0, 0.1) is 24.7 Å². The number of hydrogen-bond acceptors (Lipinski definition) is 5. The molecule has 7 nitrogen and oxygen atoms in total. The molecule has 0 radical (unpaired) electrons. The molecule has 2 aromatic rings. The molecule has 4 fully saturated rings. The summed E-state index contributed by atoms with van der Waals surface area (Å²) in [5, 5.41) is 13.2. The van der Waals surface area contributed by atoms with E-state index in [9.17, 15) is 9.59 Å². The fraction of sp³-hybridized carbons (Fsp3) is 0.545. The van der Waals surface area contributed by atoms with Gasteiger partial charge in [0.2, 0.25) is 11.1 Å². The van der Waals surface area contributed by atoms with Crippen molar-refractivity contribution in [1.82, 2.24) is 25.8 Å². The summed E-state index contributed by atoms with van der Waals surface area (Å²) in [6, 6.07) is 7.62. The molecule has 1 aromatic heterocycles. The van der Waals surface area contributed by atoms with Crippen LogP contribution < -0.4 is 10.6 Å². The van der Waals surface area contributed by atoms with Crippen molar-refractivity contribution >= 4 is 23.7 Å². The van der Waals surface area contributed by atoms with Crippen LogP contribution in [-0.2, 0) is 4.79 Å². The van der Waals surface area contributed by atoms with E-state index in [-0.39, 0.29) is 23.2 Å². The second kappa shape index (κ2) is 7.72. The van der Waals surface area contributed by atoms with Crippen molar-refractivity contribution in [2.45, 2.75) is 56.1 Å². The highest BCUT2D eigenvalue weighted by molar-refractivity contribution is 7.99. The molecule has 3 N–H and O–H groups in total. The van der Waals surface area contributed by atoms with Crippen LogP contribution in [0.5, 0.6) is 0 Å². The Morgan fingerprint density at radius 1 is 1.10 bits per heavy atom. The molecule has 0 aliphatic heterocycles. The number of rotatable bonds is 5. The second-order valence-corrected chi connectivity index (χ2v) is 10.3. The molecule has 0 saturated heterocycles. The van der Waals surface area contributed by atoms with Crippen LogP contribution in [0.2, 0.25) is 0 Å². The zero-order chi connectivity index (χ0) is 20.7. The Labute approximate surface area is 180 Å². The summed E-state index contributed by atoms with van der Waals surface area (Å²) < 4.78 is 0. The summed E-state index contributed by atoms with van der Waals surface area (Å²) in [4.78, 5) is 29.2. The molecule has 1 heterocycles. The van der Waals surface area contributed by atoms with Crippen LogP contribution >= 0.6 is 11.8 Å². The third kappa shape index (κ3) is 4.10. The maximum absolute atomic E-state index is 12.5. The van der Waals surface area contributed by atoms with Gasteiger partial charge in [-0.1, -0.05) is 41.6 Å². The number of nitrogens with zero attached hydrogens (tertiary/aromatic N) is 2. The van der Waals surface area contributed by atoms with E-state index in [1.54, 1.807) is 0 Å². The van der Waals surface area contributed by atoms with Gasteiger partial charge in [-0.25, -0.2) is 9.78 Å². The summed E-state index contributed by atoms with van der Waals surface area (Å²) in [6.07, 6.45) is 7.15. The maximum Gasteiger partial charge on any atom is 0.321 e. The molecular formula is C22H27N5O2S. The normalized spacial score (nSPS) is 29.0. The smallest absolute Gasteiger partial charge is 0.321 e. The van der Waals surface area contributed by atoms with Crippen molar-refractivity contribution in [2.24, 2.45) is 17.8 Å². The number of carbonyl (C=O) groups excluding carboxylic acids is 2. The highest BCUT2D eigenvalue weighted by Crippen LogP contribution is 2.55. The van der Waals surface area contributed by atoms with E-state index in [4.69, 9.17) is 0 Å². The fourth-order valence-electron chi connectivity index (χ4n) is 5.98. The van der Waals surface area contributed by atoms with Gasteiger partial charge in [0.05, 0.1) is 5.75 Å². The van der Waals surface area contributed by atoms with Crippen LogP contribution in [0.3, 0.4) is 0 Å². The molecule has 3 amide bonds. The lowest BCUT2D eigenvalue weighted by Gasteiger charge is -2.56. The van der Waals surface area contributed by atoms with Gasteiger partial charge in [0.1, 0.15) is 0 Å². The number of benzene rings is 1. The Bertz CT molecular complexity index is 919. The number of hydrogen-bond donors (Lipinski definition) is 3. The predicted octanol–water partition coefficient (Wildman–Crippen LogP) is 3.67. The largest absolute Gasteiger partial charge is 0.332 e. The Kier molecular flexibility index (Phi) is 5.05. The predicted molar refractivity (Wildman–Crippen MR) is 115 cm³/mol. The van der Waals surface area contributed by atoms with E-state index in [0.29, 0.717) is 11.0 Å². The lowest BCUT2D eigenvalue weighted by molar-refractivity contribution is -0.117. The van der Waals surface area contributed by atoms with Crippen LogP contribution in [0.25, 0.3) is 11.4 Å². The first-order valence-electron chi connectivity index (χ1n) is 10.7. The Morgan fingerprint density at radius 2 is 1.73 bits per heavy atom. The molecule has 8 heteroatoms. The average Bonchev–Trinajstić information content (AvgIpc) is 3.14. The highest BCUT2D eigenvalue weighted by atomic mass is 32.2. The van der Waals surface area contributed by atoms with Crippen molar-refractivity contribution in [1.29, 1.82) is 0 Å². The second-order valence-electron chi connectivity index (χ2n) is 9.32. The summed E-state index contributed by atoms with van der Waals surface area (Å²) in [5.41, 5.74) is 2.02. The Hall–Kier alpha value is -2.35. The molecule has 6 rings (SSSR count). The van der Waals surface area contributed by atoms with Crippen LogP contribution in [0.15, 0.2) is 29.4 Å². The molecule has 1 aromatic carbocycles. The molecule has 0 unspecified atom stereocenters. The number of thioether (sulfide) groups is 1. The maximum atomic E-state index is 12.5. The van der Waals surface area contributed by atoms with Crippen molar-refractivity contribution in [3.05, 3.63) is 29.8 Å². The summed E-state index contributed by atoms with van der Waals surface area (Å²) in [7, 11) is 0. The first-order chi connectivity index (χ1) is 14.5. The molecule has 4 aliphatic rings. The third-order valence-corrected chi connectivity index (χ3v) is 7.64. The summed E-state index contributed by atoms with van der Waals surface area (Å²) in [6.45, 7) is 2.03. The summed E-state index contributed by atoms with van der Waals surface area (Å²) in [5.74, 6) is 2.67. The molecule has 4 aliphatic carbocycles. The quantitative estimate of drug-likeness (QED) is 0.635. The zero-order valence-corrected chi connectivity index (χ0v) is 17.9. The SMILES string of the molecule is Cc1ccc(-c2nc(SCC(=O)NC(=O)NC34CC5CC(CC(C5)C3)C4)n[nH]2)cc1. The average molecular weight is 426 g/mol. The topological polar surface area (TPSA) is 99.8 Å².